The SMILES string of the molecule is Cc1c(Cl)c(C(F)(F)F)nn1CC(=O)N[C@@H](C)c1ccccc1. The molecule has 0 aliphatic carbocycles. The van der Waals surface area contributed by atoms with Crippen LogP contribution >= 0.6 is 11.6 Å². The van der Waals surface area contributed by atoms with Crippen molar-refractivity contribution in [2.75, 3.05) is 0 Å². The zero-order valence-corrected chi connectivity index (χ0v) is 13.2. The van der Waals surface area contributed by atoms with Crippen molar-refractivity contribution in [3.05, 3.63) is 52.3 Å². The Morgan fingerprint density at radius 3 is 2.48 bits per heavy atom. The molecule has 0 fully saturated rings. The minimum Gasteiger partial charge on any atom is -0.348 e. The summed E-state index contributed by atoms with van der Waals surface area (Å²) in [5, 5.41) is 5.63. The molecule has 2 rings (SSSR count). The number of nitrogens with zero attached hydrogens (tertiary/aromatic N) is 2. The molecule has 23 heavy (non-hydrogen) atoms. The molecule has 2 aromatic rings. The van der Waals surface area contributed by atoms with Crippen LogP contribution in [0.15, 0.2) is 30.3 Å². The minimum atomic E-state index is -4.65. The van der Waals surface area contributed by atoms with Gasteiger partial charge in [0.2, 0.25) is 5.91 Å². The van der Waals surface area contributed by atoms with Gasteiger partial charge in [0, 0.05) is 0 Å². The standard InChI is InChI=1S/C15H15ClF3N3O/c1-9(11-6-4-3-5-7-11)20-12(23)8-22-10(2)13(16)14(21-22)15(17,18)19/h3-7,9H,8H2,1-2H3,(H,20,23)/t9-/m0/s1. The molecule has 1 aromatic carbocycles. The lowest BCUT2D eigenvalue weighted by Gasteiger charge is -2.14. The summed E-state index contributed by atoms with van der Waals surface area (Å²) in [5.74, 6) is -0.447. The van der Waals surface area contributed by atoms with Gasteiger partial charge >= 0.3 is 6.18 Å². The lowest BCUT2D eigenvalue weighted by atomic mass is 10.1. The molecule has 4 nitrogen and oxygen atoms in total. The number of carbonyl (C=O) groups is 1. The van der Waals surface area contributed by atoms with E-state index >= 15 is 0 Å². The Bertz CT molecular complexity index is 698. The first-order valence-electron chi connectivity index (χ1n) is 6.84. The van der Waals surface area contributed by atoms with Crippen LogP contribution in [-0.2, 0) is 17.5 Å². The maximum Gasteiger partial charge on any atom is 0.436 e. The molecule has 0 radical (unpaired) electrons. The maximum absolute atomic E-state index is 12.8. The van der Waals surface area contributed by atoms with E-state index in [9.17, 15) is 18.0 Å². The molecule has 1 heterocycles. The van der Waals surface area contributed by atoms with Gasteiger partial charge in [-0.1, -0.05) is 41.9 Å². The molecular weight excluding hydrogens is 331 g/mol. The number of carbonyl (C=O) groups excluding carboxylic acids is 1. The Balaban J connectivity index is 2.09. The van der Waals surface area contributed by atoms with Crippen molar-refractivity contribution in [3.63, 3.8) is 0 Å². The predicted octanol–water partition coefficient (Wildman–Crippen LogP) is 3.74. The van der Waals surface area contributed by atoms with Crippen LogP contribution in [0.25, 0.3) is 0 Å². The third kappa shape index (κ3) is 4.04. The molecule has 1 atom stereocenters. The normalized spacial score (nSPS) is 13.0. The van der Waals surface area contributed by atoms with E-state index in [-0.39, 0.29) is 18.3 Å². The Hall–Kier alpha value is -2.02. The van der Waals surface area contributed by atoms with E-state index in [2.05, 4.69) is 10.4 Å². The van der Waals surface area contributed by atoms with E-state index in [1.165, 1.54) is 6.92 Å². The molecule has 0 spiro atoms. The number of rotatable bonds is 4. The zero-order chi connectivity index (χ0) is 17.2. The van der Waals surface area contributed by atoms with Crippen molar-refractivity contribution in [1.82, 2.24) is 15.1 Å². The van der Waals surface area contributed by atoms with Crippen molar-refractivity contribution in [2.24, 2.45) is 0 Å². The number of nitrogens with one attached hydrogen (secondary N) is 1. The lowest BCUT2D eigenvalue weighted by Crippen LogP contribution is -2.30. The van der Waals surface area contributed by atoms with E-state index in [1.54, 1.807) is 6.92 Å². The zero-order valence-electron chi connectivity index (χ0n) is 12.5. The highest BCUT2D eigenvalue weighted by molar-refractivity contribution is 6.32. The number of amides is 1. The van der Waals surface area contributed by atoms with Gasteiger partial charge in [0.25, 0.3) is 0 Å². The summed E-state index contributed by atoms with van der Waals surface area (Å²) >= 11 is 5.65. The summed E-state index contributed by atoms with van der Waals surface area (Å²) in [6, 6.07) is 8.96. The van der Waals surface area contributed by atoms with Crippen molar-refractivity contribution in [3.8, 4) is 0 Å². The minimum absolute atomic E-state index is 0.0986. The molecule has 0 bridgehead atoms. The molecule has 0 saturated carbocycles. The fourth-order valence-electron chi connectivity index (χ4n) is 2.11. The highest BCUT2D eigenvalue weighted by Crippen LogP contribution is 2.35. The van der Waals surface area contributed by atoms with E-state index in [0.717, 1.165) is 10.2 Å². The smallest absolute Gasteiger partial charge is 0.348 e. The molecule has 8 heteroatoms. The number of halogens is 4. The number of aromatic nitrogens is 2. The Morgan fingerprint density at radius 2 is 1.96 bits per heavy atom. The van der Waals surface area contributed by atoms with Crippen molar-refractivity contribution in [1.29, 1.82) is 0 Å². The molecule has 0 aliphatic heterocycles. The van der Waals surface area contributed by atoms with E-state index < -0.39 is 22.8 Å². The Morgan fingerprint density at radius 1 is 1.35 bits per heavy atom. The molecule has 1 N–H and O–H groups in total. The van der Waals surface area contributed by atoms with Gasteiger partial charge in [0.15, 0.2) is 5.69 Å². The fourth-order valence-corrected chi connectivity index (χ4v) is 2.35. The maximum atomic E-state index is 12.8. The van der Waals surface area contributed by atoms with Gasteiger partial charge in [0.1, 0.15) is 6.54 Å². The highest BCUT2D eigenvalue weighted by atomic mass is 35.5. The first kappa shape index (κ1) is 17.3. The van der Waals surface area contributed by atoms with E-state index in [1.807, 2.05) is 30.3 Å². The summed E-state index contributed by atoms with van der Waals surface area (Å²) in [6.45, 7) is 2.84. The van der Waals surface area contributed by atoms with Gasteiger partial charge < -0.3 is 5.32 Å². The first-order chi connectivity index (χ1) is 10.7. The first-order valence-corrected chi connectivity index (χ1v) is 7.22. The van der Waals surface area contributed by atoms with Gasteiger partial charge in [-0.15, -0.1) is 0 Å². The van der Waals surface area contributed by atoms with Gasteiger partial charge in [-0.2, -0.15) is 18.3 Å². The Labute approximate surface area is 136 Å². The van der Waals surface area contributed by atoms with Crippen LogP contribution in [0.2, 0.25) is 5.02 Å². The number of hydrogen-bond acceptors (Lipinski definition) is 2. The summed E-state index contributed by atoms with van der Waals surface area (Å²) in [7, 11) is 0. The fraction of sp³-hybridized carbons (Fsp3) is 0.333. The average Bonchev–Trinajstić information content (AvgIpc) is 2.76. The molecule has 0 aliphatic rings. The van der Waals surface area contributed by atoms with Crippen LogP contribution in [0.5, 0.6) is 0 Å². The Kier molecular flexibility index (Phi) is 4.99. The quantitative estimate of drug-likeness (QED) is 0.917. The van der Waals surface area contributed by atoms with Gasteiger partial charge in [-0.3, -0.25) is 9.48 Å². The van der Waals surface area contributed by atoms with Crippen LogP contribution in [0, 0.1) is 6.92 Å². The monoisotopic (exact) mass is 345 g/mol. The number of benzene rings is 1. The second-order valence-corrected chi connectivity index (χ2v) is 5.48. The molecule has 124 valence electrons. The second kappa shape index (κ2) is 6.62. The largest absolute Gasteiger partial charge is 0.436 e. The van der Waals surface area contributed by atoms with E-state index in [0.29, 0.717) is 0 Å². The summed E-state index contributed by atoms with van der Waals surface area (Å²) < 4.78 is 39.2. The van der Waals surface area contributed by atoms with E-state index in [4.69, 9.17) is 11.6 Å². The van der Waals surface area contributed by atoms with Gasteiger partial charge in [-0.25, -0.2) is 0 Å². The highest BCUT2D eigenvalue weighted by Gasteiger charge is 2.38. The molecule has 1 amide bonds. The van der Waals surface area contributed by atoms with Crippen LogP contribution in [0.3, 0.4) is 0 Å². The van der Waals surface area contributed by atoms with Gasteiger partial charge in [-0.05, 0) is 19.4 Å². The van der Waals surface area contributed by atoms with Crippen LogP contribution in [0.1, 0.15) is 29.9 Å². The average molecular weight is 346 g/mol. The molecule has 0 unspecified atom stereocenters. The van der Waals surface area contributed by atoms with Crippen LogP contribution < -0.4 is 5.32 Å². The van der Waals surface area contributed by atoms with Crippen molar-refractivity contribution < 1.29 is 18.0 Å². The van der Waals surface area contributed by atoms with Gasteiger partial charge in [0.05, 0.1) is 16.8 Å². The summed E-state index contributed by atoms with van der Waals surface area (Å²) in [6.07, 6.45) is -4.65. The summed E-state index contributed by atoms with van der Waals surface area (Å²) in [5.41, 5.74) is -0.186. The topological polar surface area (TPSA) is 46.9 Å². The lowest BCUT2D eigenvalue weighted by molar-refractivity contribution is -0.141. The third-order valence-corrected chi connectivity index (χ3v) is 3.82. The van der Waals surface area contributed by atoms with Crippen LogP contribution in [-0.4, -0.2) is 15.7 Å². The third-order valence-electron chi connectivity index (χ3n) is 3.37. The molecular formula is C15H15ClF3N3O. The second-order valence-electron chi connectivity index (χ2n) is 5.10. The van der Waals surface area contributed by atoms with Crippen LogP contribution in [0.4, 0.5) is 13.2 Å². The predicted molar refractivity (Wildman–Crippen MR) is 80.0 cm³/mol. The molecule has 0 saturated heterocycles. The number of hydrogen-bond donors (Lipinski definition) is 1. The molecule has 1 aromatic heterocycles. The van der Waals surface area contributed by atoms with Crippen molar-refractivity contribution in [2.45, 2.75) is 32.6 Å². The summed E-state index contributed by atoms with van der Waals surface area (Å²) in [4.78, 5) is 12.0. The van der Waals surface area contributed by atoms with Crippen molar-refractivity contribution >= 4 is 17.5 Å². The number of alkyl halides is 3.